The maximum atomic E-state index is 5.36. The topological polar surface area (TPSA) is 25.8 Å². The maximum absolute atomic E-state index is 5.36. The molecular formula is C54H36N2. The molecular weight excluding hydrogens is 677 g/mol. The van der Waals surface area contributed by atoms with E-state index in [2.05, 4.69) is 218 Å². The highest BCUT2D eigenvalue weighted by atomic mass is 14.7. The number of benzene rings is 8. The fourth-order valence-corrected chi connectivity index (χ4v) is 7.90. The van der Waals surface area contributed by atoms with Crippen LogP contribution in [-0.4, -0.2) is 9.97 Å². The molecule has 0 saturated heterocycles. The van der Waals surface area contributed by atoms with Gasteiger partial charge < -0.3 is 0 Å². The molecule has 0 aliphatic heterocycles. The third-order valence-corrected chi connectivity index (χ3v) is 10.6. The van der Waals surface area contributed by atoms with Gasteiger partial charge in [-0.25, -0.2) is 9.97 Å². The maximum Gasteiger partial charge on any atom is 0.0728 e. The van der Waals surface area contributed by atoms with Gasteiger partial charge in [-0.1, -0.05) is 182 Å². The Morgan fingerprint density at radius 1 is 0.232 bits per heavy atom. The van der Waals surface area contributed by atoms with E-state index >= 15 is 0 Å². The second-order valence-electron chi connectivity index (χ2n) is 14.2. The van der Waals surface area contributed by atoms with Gasteiger partial charge in [0.2, 0.25) is 0 Å². The van der Waals surface area contributed by atoms with Crippen molar-refractivity contribution in [2.45, 2.75) is 0 Å². The predicted molar refractivity (Wildman–Crippen MR) is 235 cm³/mol. The molecule has 0 aliphatic carbocycles. The zero-order valence-electron chi connectivity index (χ0n) is 30.7. The van der Waals surface area contributed by atoms with Gasteiger partial charge >= 0.3 is 0 Å². The van der Waals surface area contributed by atoms with Gasteiger partial charge in [0.15, 0.2) is 0 Å². The van der Waals surface area contributed by atoms with E-state index in [0.29, 0.717) is 0 Å². The molecule has 262 valence electrons. The van der Waals surface area contributed by atoms with E-state index in [1.807, 2.05) is 0 Å². The van der Waals surface area contributed by atoms with Crippen LogP contribution >= 0.6 is 0 Å². The molecule has 0 aliphatic rings. The Kier molecular flexibility index (Phi) is 8.55. The van der Waals surface area contributed by atoms with Crippen molar-refractivity contribution in [2.24, 2.45) is 0 Å². The van der Waals surface area contributed by atoms with Gasteiger partial charge in [-0.15, -0.1) is 0 Å². The normalized spacial score (nSPS) is 11.2. The summed E-state index contributed by atoms with van der Waals surface area (Å²) in [5, 5.41) is 3.55. The van der Waals surface area contributed by atoms with E-state index in [1.54, 1.807) is 0 Å². The molecule has 0 saturated carbocycles. The average Bonchev–Trinajstić information content (AvgIpc) is 3.29. The first-order chi connectivity index (χ1) is 27.7. The molecule has 2 aromatic heterocycles. The molecule has 0 N–H and O–H groups in total. The number of pyridine rings is 2. The van der Waals surface area contributed by atoms with Gasteiger partial charge in [-0.05, 0) is 91.7 Å². The van der Waals surface area contributed by atoms with Crippen LogP contribution in [0.15, 0.2) is 218 Å². The second kappa shape index (κ2) is 14.4. The zero-order valence-corrected chi connectivity index (χ0v) is 30.7. The Morgan fingerprint density at radius 2 is 0.679 bits per heavy atom. The van der Waals surface area contributed by atoms with Gasteiger partial charge in [-0.3, -0.25) is 0 Å². The molecule has 10 aromatic rings. The molecule has 0 amide bonds. The van der Waals surface area contributed by atoms with Crippen molar-refractivity contribution in [1.82, 2.24) is 9.97 Å². The lowest BCUT2D eigenvalue weighted by atomic mass is 9.89. The molecule has 2 heterocycles. The number of nitrogens with zero attached hydrogens (tertiary/aromatic N) is 2. The predicted octanol–water partition coefficient (Wildman–Crippen LogP) is 14.5. The number of hydrogen-bond donors (Lipinski definition) is 0. The minimum Gasteiger partial charge on any atom is -0.248 e. The summed E-state index contributed by atoms with van der Waals surface area (Å²) in [7, 11) is 0. The Balaban J connectivity index is 1.16. The SMILES string of the molecule is c1ccc(-c2cccc(-c3cc(-c4cccc(-c5cc6nc(-c7ccccc7)cc(-c7ccccc7)c6c6ccccc56)c4)cc(-c4ccccc4)n3)c2)cc1. The zero-order chi connectivity index (χ0) is 37.3. The standard InChI is InChI=1S/C54H36N2/c1-5-17-37(18-6-1)41-25-16-28-44(32-41)51-34-45(33-50(55-51)39-21-9-3-10-22-39)42-26-15-27-43(31-42)48-35-53-54(47-30-14-13-29-46(47)48)49(38-19-7-2-8-20-38)36-52(56-53)40-23-11-4-12-24-40/h1-36H. The third-order valence-electron chi connectivity index (χ3n) is 10.6. The van der Waals surface area contributed by atoms with Crippen molar-refractivity contribution in [2.75, 3.05) is 0 Å². The van der Waals surface area contributed by atoms with Crippen molar-refractivity contribution >= 4 is 21.7 Å². The molecule has 56 heavy (non-hydrogen) atoms. The first-order valence-electron chi connectivity index (χ1n) is 19.1. The van der Waals surface area contributed by atoms with Gasteiger partial charge in [0.25, 0.3) is 0 Å². The third kappa shape index (κ3) is 6.34. The van der Waals surface area contributed by atoms with Crippen LogP contribution in [0.3, 0.4) is 0 Å². The number of aromatic nitrogens is 2. The summed E-state index contributed by atoms with van der Waals surface area (Å²) in [6, 6.07) is 77.5. The van der Waals surface area contributed by atoms with Gasteiger partial charge in [-0.2, -0.15) is 0 Å². The minimum absolute atomic E-state index is 0.937. The van der Waals surface area contributed by atoms with Crippen molar-refractivity contribution in [3.8, 4) is 78.3 Å². The Hall–Kier alpha value is -7.42. The Morgan fingerprint density at radius 3 is 1.32 bits per heavy atom. The summed E-state index contributed by atoms with van der Waals surface area (Å²) in [4.78, 5) is 10.6. The monoisotopic (exact) mass is 712 g/mol. The minimum atomic E-state index is 0.937. The largest absolute Gasteiger partial charge is 0.248 e. The van der Waals surface area contributed by atoms with Gasteiger partial charge in [0, 0.05) is 22.1 Å². The molecule has 0 radical (unpaired) electrons. The van der Waals surface area contributed by atoms with Gasteiger partial charge in [0.05, 0.1) is 22.6 Å². The smallest absolute Gasteiger partial charge is 0.0728 e. The molecule has 0 spiro atoms. The lowest BCUT2D eigenvalue weighted by Crippen LogP contribution is -1.94. The number of rotatable bonds is 7. The molecule has 10 rings (SSSR count). The first kappa shape index (κ1) is 33.2. The van der Waals surface area contributed by atoms with E-state index in [-0.39, 0.29) is 0 Å². The fraction of sp³-hybridized carbons (Fsp3) is 0. The number of fused-ring (bicyclic) bond motifs is 3. The quantitative estimate of drug-likeness (QED) is 0.154. The van der Waals surface area contributed by atoms with E-state index in [0.717, 1.165) is 66.9 Å². The highest BCUT2D eigenvalue weighted by Gasteiger charge is 2.17. The molecule has 2 heteroatoms. The average molecular weight is 713 g/mol. The summed E-state index contributed by atoms with van der Waals surface area (Å²) < 4.78 is 0. The summed E-state index contributed by atoms with van der Waals surface area (Å²) in [6.45, 7) is 0. The lowest BCUT2D eigenvalue weighted by molar-refractivity contribution is 1.32. The summed E-state index contributed by atoms with van der Waals surface area (Å²) in [5.41, 5.74) is 16.3. The van der Waals surface area contributed by atoms with Crippen LogP contribution in [-0.2, 0) is 0 Å². The summed E-state index contributed by atoms with van der Waals surface area (Å²) >= 11 is 0. The van der Waals surface area contributed by atoms with Gasteiger partial charge in [0.1, 0.15) is 0 Å². The molecule has 8 aromatic carbocycles. The summed E-state index contributed by atoms with van der Waals surface area (Å²) in [6.07, 6.45) is 0. The van der Waals surface area contributed by atoms with Crippen LogP contribution in [0, 0.1) is 0 Å². The van der Waals surface area contributed by atoms with Crippen molar-refractivity contribution < 1.29 is 0 Å². The van der Waals surface area contributed by atoms with Crippen LogP contribution in [0.1, 0.15) is 0 Å². The Labute approximate surface area is 327 Å². The van der Waals surface area contributed by atoms with Crippen molar-refractivity contribution in [3.05, 3.63) is 218 Å². The molecule has 2 nitrogen and oxygen atoms in total. The number of hydrogen-bond acceptors (Lipinski definition) is 2. The first-order valence-corrected chi connectivity index (χ1v) is 19.1. The highest BCUT2D eigenvalue weighted by Crippen LogP contribution is 2.42. The molecule has 0 atom stereocenters. The lowest BCUT2D eigenvalue weighted by Gasteiger charge is -2.17. The van der Waals surface area contributed by atoms with Crippen LogP contribution < -0.4 is 0 Å². The van der Waals surface area contributed by atoms with E-state index in [1.165, 1.54) is 33.0 Å². The van der Waals surface area contributed by atoms with Crippen LogP contribution in [0.2, 0.25) is 0 Å². The highest BCUT2D eigenvalue weighted by molar-refractivity contribution is 6.18. The Bertz CT molecular complexity index is 2990. The molecule has 0 unspecified atom stereocenters. The van der Waals surface area contributed by atoms with E-state index in [4.69, 9.17) is 9.97 Å². The van der Waals surface area contributed by atoms with Crippen LogP contribution in [0.25, 0.3) is 100.0 Å². The molecule has 0 bridgehead atoms. The molecule has 0 fully saturated rings. The fourth-order valence-electron chi connectivity index (χ4n) is 7.90. The van der Waals surface area contributed by atoms with Crippen molar-refractivity contribution in [3.63, 3.8) is 0 Å². The second-order valence-corrected chi connectivity index (χ2v) is 14.2. The summed E-state index contributed by atoms with van der Waals surface area (Å²) in [5.74, 6) is 0. The van der Waals surface area contributed by atoms with E-state index < -0.39 is 0 Å². The van der Waals surface area contributed by atoms with E-state index in [9.17, 15) is 0 Å². The van der Waals surface area contributed by atoms with Crippen LogP contribution in [0.5, 0.6) is 0 Å². The van der Waals surface area contributed by atoms with Crippen LogP contribution in [0.4, 0.5) is 0 Å². The van der Waals surface area contributed by atoms with Crippen molar-refractivity contribution in [1.29, 1.82) is 0 Å².